The summed E-state index contributed by atoms with van der Waals surface area (Å²) in [6, 6.07) is 94.6. The van der Waals surface area contributed by atoms with E-state index in [0.717, 1.165) is 33.4 Å². The molecular weight excluding hydrogens is 1420 g/mol. The van der Waals surface area contributed by atoms with Gasteiger partial charge in [0, 0.05) is 39.4 Å². The van der Waals surface area contributed by atoms with Crippen molar-refractivity contribution >= 4 is 26.4 Å². The number of aliphatic hydroxyl groups is 3. The van der Waals surface area contributed by atoms with E-state index in [2.05, 4.69) is 200 Å². The first-order chi connectivity index (χ1) is 52.7. The molecule has 0 fully saturated rings. The van der Waals surface area contributed by atoms with E-state index in [0.29, 0.717) is 25.0 Å². The van der Waals surface area contributed by atoms with Gasteiger partial charge in [0.25, 0.3) is 0 Å². The predicted octanol–water partition coefficient (Wildman–Crippen LogP) is 16.4. The van der Waals surface area contributed by atoms with Crippen molar-refractivity contribution in [2.45, 2.75) is 146 Å². The number of esters is 2. The number of methoxy groups -OCH3 is 2. The average molecular weight is 1550 g/mol. The quantitative estimate of drug-likeness (QED) is 0.0111. The third-order valence-electron chi connectivity index (χ3n) is 20.7. The molecule has 5 unspecified atom stereocenters. The second-order valence-corrected chi connectivity index (χ2v) is 29.5. The predicted molar refractivity (Wildman–Crippen MR) is 474 cm³/mol. The number of carbonyl (C=O) groups is 3. The molecule has 0 spiro atoms. The molecular formula is C99H131BLiN4O10. The molecule has 8 N–H and O–H groups in total. The molecule has 0 aromatic heterocycles. The summed E-state index contributed by atoms with van der Waals surface area (Å²) in [5, 5.41) is 38.0. The molecule has 0 saturated carbocycles. The molecule has 611 valence electrons. The van der Waals surface area contributed by atoms with Crippen LogP contribution in [0.5, 0.6) is 0 Å². The number of hydrogen-bond donors (Lipinski definition) is 7. The first-order valence-electron chi connectivity index (χ1n) is 38.2. The SMILES string of the molecule is C.C.C.C.CC(C)C(CO)NC(=O)OCC1c2ccccc2-c2ccccc21.CC(C)C(CO)NC(c1ccccc1)(c1ccccc1)c1ccccc1.CC(C)C(N)CO.COC(=O)C(NC(c1ccccc1)(c1ccccc1)c1ccccc1)C(C)C.COCC(C(=O)OCC1c2ccccc2-c2ccccc21)C(C)C.[B].[H-].[Li+]. The summed E-state index contributed by atoms with van der Waals surface area (Å²) < 4.78 is 21.5. The molecule has 0 heterocycles. The molecule has 2 aliphatic rings. The zero-order chi connectivity index (χ0) is 78.5. The van der Waals surface area contributed by atoms with Gasteiger partial charge < -0.3 is 46.7 Å². The van der Waals surface area contributed by atoms with Crippen LogP contribution < -0.4 is 40.5 Å². The minimum atomic E-state index is -0.688. The maximum Gasteiger partial charge on any atom is 1.00 e. The van der Waals surface area contributed by atoms with Crippen LogP contribution in [0, 0.1) is 35.5 Å². The van der Waals surface area contributed by atoms with Crippen LogP contribution in [0.15, 0.2) is 279 Å². The fraction of sp³-hybridized carbons (Fsp3) is 0.364. The Morgan fingerprint density at radius 2 is 0.670 bits per heavy atom. The smallest absolute Gasteiger partial charge is 1.00 e. The number of hydrogen-bond acceptors (Lipinski definition) is 13. The molecule has 2 aliphatic carbocycles. The second kappa shape index (κ2) is 51.0. The van der Waals surface area contributed by atoms with Gasteiger partial charge in [0.2, 0.25) is 0 Å². The number of fused-ring (bicyclic) bond motifs is 6. The van der Waals surface area contributed by atoms with E-state index in [-0.39, 0.29) is 150 Å². The van der Waals surface area contributed by atoms with E-state index in [4.69, 9.17) is 29.8 Å². The largest absolute Gasteiger partial charge is 1.00 e. The molecule has 16 heteroatoms. The number of benzene rings is 10. The molecule has 5 atom stereocenters. The summed E-state index contributed by atoms with van der Waals surface area (Å²) in [5.41, 5.74) is 20.6. The number of nitrogens with two attached hydrogens (primary N) is 1. The third-order valence-corrected chi connectivity index (χ3v) is 20.7. The Morgan fingerprint density at radius 3 is 0.913 bits per heavy atom. The Hall–Kier alpha value is -9.21. The second-order valence-electron chi connectivity index (χ2n) is 29.5. The summed E-state index contributed by atoms with van der Waals surface area (Å²) in [7, 11) is 3.06. The van der Waals surface area contributed by atoms with E-state index in [1.807, 2.05) is 165 Å². The minimum Gasteiger partial charge on any atom is -1.00 e. The maximum atomic E-state index is 12.6. The van der Waals surface area contributed by atoms with Gasteiger partial charge in [0.15, 0.2) is 0 Å². The Morgan fingerprint density at radius 1 is 0.383 bits per heavy atom. The molecule has 0 aliphatic heterocycles. The van der Waals surface area contributed by atoms with Gasteiger partial charge in [-0.1, -0.05) is 378 Å². The number of aliphatic hydroxyl groups excluding tert-OH is 3. The van der Waals surface area contributed by atoms with Crippen LogP contribution in [-0.2, 0) is 39.6 Å². The zero-order valence-electron chi connectivity index (χ0n) is 68.1. The molecule has 115 heavy (non-hydrogen) atoms. The number of rotatable bonds is 27. The Kier molecular flexibility index (Phi) is 45.2. The summed E-state index contributed by atoms with van der Waals surface area (Å²) >= 11 is 0. The number of amides is 1. The molecule has 10 aromatic carbocycles. The number of nitrogens with one attached hydrogen (secondary N) is 3. The fourth-order valence-corrected chi connectivity index (χ4v) is 14.0. The number of carbonyl (C=O) groups excluding carboxylic acids is 3. The zero-order valence-corrected chi connectivity index (χ0v) is 67.1. The fourth-order valence-electron chi connectivity index (χ4n) is 14.0. The van der Waals surface area contributed by atoms with Crippen LogP contribution in [0.4, 0.5) is 4.79 Å². The van der Waals surface area contributed by atoms with Gasteiger partial charge >= 0.3 is 36.9 Å². The van der Waals surface area contributed by atoms with Crippen LogP contribution in [0.3, 0.4) is 0 Å². The number of ether oxygens (including phenoxy) is 4. The Balaban J connectivity index is 0.000000738. The standard InChI is InChI=1S/C25H27NO2.C24H27NO.C21H24O3.C20H23NO3.C5H13NO.4CH4.B.Li.H/c1-19(2)23(24(27)28-3)26-25(20-13-7-4-8-14-20,21-15-9-5-10-16-21)22-17-11-6-12-18-22;1-19(2)23(18-26)25-24(20-12-6-3-7-13-20,21-14-8-4-9-15-21)22-16-10-5-11-17-22;1-14(2)19(12-23-3)21(22)24-13-20-17-10-6-4-8-15(17)16-9-5-7-11-18(16)20;1-13(2)19(11-22)21-20(23)24-12-18-16-9-5-3-7-14(16)15-8-4-6-10-17(15)18;1-4(2)5(6)3-7;;;;;;;/h4-19,23,26H,1-3H3;3-17,19,23,25-26H,18H2,1-2H3;4-11,14,19-20H,12-13H2,1-3H3;3-10,13,18-19,22H,11-12H2,1-2H3,(H,21,23);4-5,7H,3,6H2,1-2H3;4*1H4;;;/q;;;;;;;;;;+1;-1. The first-order valence-corrected chi connectivity index (χ1v) is 38.2. The summed E-state index contributed by atoms with van der Waals surface area (Å²) in [6.45, 7) is 21.4. The van der Waals surface area contributed by atoms with E-state index < -0.39 is 23.2 Å². The van der Waals surface area contributed by atoms with Crippen LogP contribution >= 0.6 is 0 Å². The van der Waals surface area contributed by atoms with Gasteiger partial charge in [-0.15, -0.1) is 0 Å². The summed E-state index contributed by atoms with van der Waals surface area (Å²) in [4.78, 5) is 37.1. The van der Waals surface area contributed by atoms with Crippen LogP contribution in [0.2, 0.25) is 0 Å². The van der Waals surface area contributed by atoms with Crippen LogP contribution in [0.25, 0.3) is 22.3 Å². The van der Waals surface area contributed by atoms with Gasteiger partial charge in [-0.05, 0) is 107 Å². The monoisotopic (exact) mass is 1550 g/mol. The minimum absolute atomic E-state index is 0. The van der Waals surface area contributed by atoms with Crippen molar-refractivity contribution in [2.24, 2.45) is 41.2 Å². The molecule has 14 nitrogen and oxygen atoms in total. The summed E-state index contributed by atoms with van der Waals surface area (Å²) in [6.07, 6.45) is -0.482. The molecule has 0 bridgehead atoms. The van der Waals surface area contributed by atoms with Gasteiger partial charge in [-0.25, -0.2) is 4.79 Å². The van der Waals surface area contributed by atoms with E-state index in [1.165, 1.54) is 51.6 Å². The molecule has 12 rings (SSSR count). The van der Waals surface area contributed by atoms with Gasteiger partial charge in [-0.2, -0.15) is 0 Å². The summed E-state index contributed by atoms with van der Waals surface area (Å²) in [5.74, 6) is 0.601. The topological polar surface area (TPSA) is 211 Å². The van der Waals surface area contributed by atoms with Gasteiger partial charge in [0.1, 0.15) is 19.3 Å². The average Bonchev–Trinajstić information content (AvgIpc) is 0.860. The maximum absolute atomic E-state index is 12.6. The van der Waals surface area contributed by atoms with Crippen molar-refractivity contribution in [3.63, 3.8) is 0 Å². The third kappa shape index (κ3) is 26.1. The number of alkyl carbamates (subject to hydrolysis) is 1. The van der Waals surface area contributed by atoms with Gasteiger partial charge in [0.05, 0.1) is 56.6 Å². The molecule has 3 radical (unpaired) electrons. The molecule has 10 aromatic rings. The Labute approximate surface area is 705 Å². The van der Waals surface area contributed by atoms with Crippen molar-refractivity contribution in [2.75, 3.05) is 53.9 Å². The van der Waals surface area contributed by atoms with E-state index >= 15 is 0 Å². The van der Waals surface area contributed by atoms with Crippen molar-refractivity contribution in [1.29, 1.82) is 0 Å². The first kappa shape index (κ1) is 102. The van der Waals surface area contributed by atoms with Crippen molar-refractivity contribution < 1.29 is 68.9 Å². The van der Waals surface area contributed by atoms with Crippen molar-refractivity contribution in [3.8, 4) is 22.3 Å². The molecule has 0 saturated heterocycles. The van der Waals surface area contributed by atoms with Gasteiger partial charge in [-0.3, -0.25) is 20.2 Å². The van der Waals surface area contributed by atoms with Crippen molar-refractivity contribution in [3.05, 3.63) is 335 Å². The van der Waals surface area contributed by atoms with Crippen LogP contribution in [-0.4, -0.2) is 120 Å². The van der Waals surface area contributed by atoms with Crippen molar-refractivity contribution in [1.82, 2.24) is 16.0 Å². The van der Waals surface area contributed by atoms with Crippen LogP contribution in [0.1, 0.15) is 168 Å². The normalized spacial score (nSPS) is 12.8. The van der Waals surface area contributed by atoms with E-state index in [1.54, 1.807) is 7.11 Å². The Bertz CT molecular complexity index is 4080. The van der Waals surface area contributed by atoms with E-state index in [9.17, 15) is 24.6 Å². The molecule has 1 amide bonds.